The molecular weight excluding hydrogens is 248 g/mol. The summed E-state index contributed by atoms with van der Waals surface area (Å²) in [7, 11) is 3.79. The van der Waals surface area contributed by atoms with Gasteiger partial charge in [-0.1, -0.05) is 0 Å². The fraction of sp³-hybridized carbons (Fsp3) is 0.333. The van der Waals surface area contributed by atoms with E-state index < -0.39 is 0 Å². The molecular formula is C12H14N4OS. The van der Waals surface area contributed by atoms with E-state index in [1.165, 1.54) is 16.9 Å². The molecule has 0 spiro atoms. The van der Waals surface area contributed by atoms with Crippen molar-refractivity contribution in [2.75, 3.05) is 12.4 Å². The maximum Gasteiger partial charge on any atom is 0.259 e. The second-order valence-corrected chi connectivity index (χ2v) is 5.39. The van der Waals surface area contributed by atoms with Crippen LogP contribution in [0.25, 0.3) is 11.3 Å². The maximum absolute atomic E-state index is 11.5. The van der Waals surface area contributed by atoms with Crippen molar-refractivity contribution in [3.05, 3.63) is 22.2 Å². The molecule has 0 aromatic carbocycles. The Labute approximate surface area is 109 Å². The lowest BCUT2D eigenvalue weighted by Crippen LogP contribution is -2.13. The fourth-order valence-electron chi connectivity index (χ4n) is 2.58. The van der Waals surface area contributed by atoms with Crippen molar-refractivity contribution < 1.29 is 4.79 Å². The van der Waals surface area contributed by atoms with Crippen LogP contribution in [0.5, 0.6) is 0 Å². The number of carbonyl (C=O) groups excluding carboxylic acids is 1. The number of primary amides is 1. The highest BCUT2D eigenvalue weighted by Gasteiger charge is 2.29. The van der Waals surface area contributed by atoms with E-state index in [-0.39, 0.29) is 5.91 Å². The SMILES string of the molecule is CNc1sc(C(N)=O)c2c1-c1c(cnn1C)CC2. The van der Waals surface area contributed by atoms with Gasteiger partial charge in [0.25, 0.3) is 5.91 Å². The number of nitrogens with two attached hydrogens (primary N) is 1. The molecule has 2 aromatic rings. The van der Waals surface area contributed by atoms with Crippen LogP contribution in [0, 0.1) is 0 Å². The van der Waals surface area contributed by atoms with Crippen LogP contribution in [0.3, 0.4) is 0 Å². The zero-order valence-corrected chi connectivity index (χ0v) is 11.1. The van der Waals surface area contributed by atoms with Crippen LogP contribution in [0.2, 0.25) is 0 Å². The van der Waals surface area contributed by atoms with Gasteiger partial charge in [-0.2, -0.15) is 5.10 Å². The molecule has 6 heteroatoms. The van der Waals surface area contributed by atoms with Crippen molar-refractivity contribution in [2.24, 2.45) is 12.8 Å². The highest BCUT2D eigenvalue weighted by molar-refractivity contribution is 7.18. The Morgan fingerprint density at radius 3 is 3.00 bits per heavy atom. The molecule has 1 aliphatic carbocycles. The minimum absolute atomic E-state index is 0.344. The van der Waals surface area contributed by atoms with Crippen molar-refractivity contribution in [3.8, 4) is 11.3 Å². The van der Waals surface area contributed by atoms with Crippen molar-refractivity contribution >= 4 is 22.2 Å². The van der Waals surface area contributed by atoms with Crippen molar-refractivity contribution in [1.82, 2.24) is 9.78 Å². The number of nitrogens with one attached hydrogen (secondary N) is 1. The Balaban J connectivity index is 2.32. The van der Waals surface area contributed by atoms with E-state index in [0.29, 0.717) is 4.88 Å². The minimum atomic E-state index is -0.344. The summed E-state index contributed by atoms with van der Waals surface area (Å²) in [6.07, 6.45) is 3.67. The van der Waals surface area contributed by atoms with Gasteiger partial charge in [-0.3, -0.25) is 9.48 Å². The van der Waals surface area contributed by atoms with E-state index in [2.05, 4.69) is 10.4 Å². The van der Waals surface area contributed by atoms with Gasteiger partial charge in [0.2, 0.25) is 0 Å². The zero-order valence-electron chi connectivity index (χ0n) is 10.3. The molecule has 0 aliphatic heterocycles. The number of rotatable bonds is 2. The van der Waals surface area contributed by atoms with Crippen LogP contribution in [0.15, 0.2) is 6.20 Å². The first-order valence-corrected chi connectivity index (χ1v) is 6.59. The summed E-state index contributed by atoms with van der Waals surface area (Å²) in [4.78, 5) is 12.2. The van der Waals surface area contributed by atoms with E-state index in [0.717, 1.165) is 34.7 Å². The van der Waals surface area contributed by atoms with Crippen LogP contribution in [-0.4, -0.2) is 22.7 Å². The molecule has 0 saturated carbocycles. The average Bonchev–Trinajstić information content (AvgIpc) is 2.89. The first kappa shape index (κ1) is 11.3. The summed E-state index contributed by atoms with van der Waals surface area (Å²) in [5.41, 5.74) is 9.95. The Bertz CT molecular complexity index is 641. The molecule has 0 radical (unpaired) electrons. The van der Waals surface area contributed by atoms with E-state index in [1.54, 1.807) is 0 Å². The van der Waals surface area contributed by atoms with Crippen LogP contribution >= 0.6 is 11.3 Å². The second kappa shape index (κ2) is 3.84. The molecule has 2 heterocycles. The van der Waals surface area contributed by atoms with E-state index >= 15 is 0 Å². The van der Waals surface area contributed by atoms with Gasteiger partial charge in [0.15, 0.2) is 0 Å². The molecule has 2 aromatic heterocycles. The minimum Gasteiger partial charge on any atom is -0.379 e. The Morgan fingerprint density at radius 2 is 2.33 bits per heavy atom. The lowest BCUT2D eigenvalue weighted by Gasteiger charge is -2.15. The molecule has 0 bridgehead atoms. The van der Waals surface area contributed by atoms with Gasteiger partial charge in [-0.05, 0) is 24.0 Å². The number of aryl methyl sites for hydroxylation is 2. The van der Waals surface area contributed by atoms with Crippen molar-refractivity contribution in [3.63, 3.8) is 0 Å². The predicted molar refractivity (Wildman–Crippen MR) is 72.0 cm³/mol. The van der Waals surface area contributed by atoms with Gasteiger partial charge in [0.1, 0.15) is 0 Å². The number of anilines is 1. The fourth-order valence-corrected chi connectivity index (χ4v) is 3.63. The number of hydrogen-bond donors (Lipinski definition) is 2. The normalized spacial score (nSPS) is 13.0. The summed E-state index contributed by atoms with van der Waals surface area (Å²) < 4.78 is 1.87. The Morgan fingerprint density at radius 1 is 1.56 bits per heavy atom. The molecule has 5 nitrogen and oxygen atoms in total. The molecule has 0 unspecified atom stereocenters. The second-order valence-electron chi connectivity index (χ2n) is 4.37. The lowest BCUT2D eigenvalue weighted by molar-refractivity contribution is 0.100. The average molecular weight is 262 g/mol. The van der Waals surface area contributed by atoms with Gasteiger partial charge < -0.3 is 11.1 Å². The molecule has 18 heavy (non-hydrogen) atoms. The highest BCUT2D eigenvalue weighted by Crippen LogP contribution is 2.45. The summed E-state index contributed by atoms with van der Waals surface area (Å²) in [5, 5.41) is 8.45. The Hall–Kier alpha value is -1.82. The third-order valence-electron chi connectivity index (χ3n) is 3.35. The standard InChI is InChI=1S/C12H14N4OS/c1-14-12-8-7(10(18-12)11(13)17)4-3-6-5-15-16(2)9(6)8/h5,14H,3-4H2,1-2H3,(H2,13,17). The number of fused-ring (bicyclic) bond motifs is 3. The van der Waals surface area contributed by atoms with Crippen LogP contribution in [0.1, 0.15) is 20.8 Å². The molecule has 3 N–H and O–H groups in total. The number of carbonyl (C=O) groups is 1. The largest absolute Gasteiger partial charge is 0.379 e. The third kappa shape index (κ3) is 1.38. The zero-order chi connectivity index (χ0) is 12.9. The van der Waals surface area contributed by atoms with Crippen LogP contribution in [0.4, 0.5) is 5.00 Å². The molecule has 3 rings (SSSR count). The molecule has 0 atom stereocenters. The lowest BCUT2D eigenvalue weighted by atomic mass is 9.91. The molecule has 94 valence electrons. The van der Waals surface area contributed by atoms with Crippen molar-refractivity contribution in [1.29, 1.82) is 0 Å². The molecule has 0 saturated heterocycles. The van der Waals surface area contributed by atoms with E-state index in [4.69, 9.17) is 5.73 Å². The van der Waals surface area contributed by atoms with Gasteiger partial charge in [0.05, 0.1) is 21.8 Å². The van der Waals surface area contributed by atoms with Gasteiger partial charge in [-0.25, -0.2) is 0 Å². The summed E-state index contributed by atoms with van der Waals surface area (Å²) in [6.45, 7) is 0. The highest BCUT2D eigenvalue weighted by atomic mass is 32.1. The Kier molecular flexibility index (Phi) is 2.41. The number of amides is 1. The van der Waals surface area contributed by atoms with E-state index in [9.17, 15) is 4.79 Å². The smallest absolute Gasteiger partial charge is 0.259 e. The summed E-state index contributed by atoms with van der Waals surface area (Å²) >= 11 is 1.43. The number of aromatic nitrogens is 2. The predicted octanol–water partition coefficient (Wildman–Crippen LogP) is 1.39. The quantitative estimate of drug-likeness (QED) is 0.859. The van der Waals surface area contributed by atoms with Gasteiger partial charge in [-0.15, -0.1) is 11.3 Å². The molecule has 0 fully saturated rings. The van der Waals surface area contributed by atoms with Crippen molar-refractivity contribution in [2.45, 2.75) is 12.8 Å². The topological polar surface area (TPSA) is 72.9 Å². The summed E-state index contributed by atoms with van der Waals surface area (Å²) in [6, 6.07) is 0. The molecule has 1 aliphatic rings. The van der Waals surface area contributed by atoms with E-state index in [1.807, 2.05) is 25.0 Å². The first-order valence-electron chi connectivity index (χ1n) is 5.78. The number of thiophene rings is 1. The van der Waals surface area contributed by atoms with Crippen LogP contribution in [-0.2, 0) is 19.9 Å². The number of hydrogen-bond acceptors (Lipinski definition) is 4. The first-order chi connectivity index (χ1) is 8.63. The molecule has 1 amide bonds. The van der Waals surface area contributed by atoms with Crippen LogP contribution < -0.4 is 11.1 Å². The van der Waals surface area contributed by atoms with Gasteiger partial charge in [0, 0.05) is 19.7 Å². The monoisotopic (exact) mass is 262 g/mol. The van der Waals surface area contributed by atoms with Gasteiger partial charge >= 0.3 is 0 Å². The maximum atomic E-state index is 11.5. The third-order valence-corrected chi connectivity index (χ3v) is 4.62. The number of nitrogens with zero attached hydrogens (tertiary/aromatic N) is 2. The summed E-state index contributed by atoms with van der Waals surface area (Å²) in [5.74, 6) is -0.344.